The molecule has 5 atom stereocenters. The smallest absolute Gasteiger partial charge is 0.335 e. The molecule has 0 aromatic heterocycles. The molecule has 4 aliphatic rings. The molecule has 7 rings (SSSR count). The summed E-state index contributed by atoms with van der Waals surface area (Å²) in [4.78, 5) is 27.7. The molecule has 6 nitrogen and oxygen atoms in total. The molecule has 0 radical (unpaired) electrons. The summed E-state index contributed by atoms with van der Waals surface area (Å²) in [5, 5.41) is 15.8. The van der Waals surface area contributed by atoms with Gasteiger partial charge in [0.15, 0.2) is 0 Å². The van der Waals surface area contributed by atoms with E-state index in [1.165, 1.54) is 18.2 Å². The second-order valence-electron chi connectivity index (χ2n) is 11.2. The number of likely N-dealkylation sites (tertiary alicyclic amines) is 1. The zero-order valence-electron chi connectivity index (χ0n) is 21.1. The lowest BCUT2D eigenvalue weighted by atomic mass is 9.73. The number of carboxylic acid groups (broad SMARTS) is 1. The number of benzene rings is 3. The van der Waals surface area contributed by atoms with Crippen LogP contribution in [0.4, 0.5) is 14.5 Å². The van der Waals surface area contributed by atoms with Crippen LogP contribution >= 0.6 is 23.2 Å². The Morgan fingerprint density at radius 1 is 1.07 bits per heavy atom. The maximum Gasteiger partial charge on any atom is 0.335 e. The van der Waals surface area contributed by atoms with E-state index in [-0.39, 0.29) is 45.2 Å². The fourth-order valence-electron chi connectivity index (χ4n) is 7.17. The number of fused-ring (bicyclic) bond motifs is 3. The fraction of sp³-hybridized carbons (Fsp3) is 0.333. The van der Waals surface area contributed by atoms with Gasteiger partial charge in [-0.05, 0) is 66.6 Å². The third-order valence-corrected chi connectivity index (χ3v) is 9.62. The van der Waals surface area contributed by atoms with Gasteiger partial charge in [0.2, 0.25) is 5.91 Å². The van der Waals surface area contributed by atoms with E-state index in [1.807, 2.05) is 0 Å². The zero-order chi connectivity index (χ0) is 27.9. The molecule has 0 bridgehead atoms. The molecule has 1 aliphatic carbocycles. The van der Waals surface area contributed by atoms with E-state index in [2.05, 4.69) is 15.5 Å². The van der Waals surface area contributed by atoms with E-state index >= 15 is 8.78 Å². The molecular weight excluding hydrogens is 559 g/mol. The van der Waals surface area contributed by atoms with E-state index in [1.54, 1.807) is 36.4 Å². The molecule has 2 saturated heterocycles. The molecule has 3 aromatic rings. The van der Waals surface area contributed by atoms with Crippen LogP contribution in [-0.2, 0) is 10.3 Å². The number of hydrogen-bond donors (Lipinski definition) is 3. The minimum Gasteiger partial charge on any atom is -0.478 e. The highest BCUT2D eigenvalue weighted by Gasteiger charge is 2.69. The van der Waals surface area contributed by atoms with Gasteiger partial charge in [0.05, 0.1) is 15.6 Å². The Labute approximate surface area is 239 Å². The Bertz CT molecular complexity index is 1560. The van der Waals surface area contributed by atoms with Crippen LogP contribution in [0.15, 0.2) is 54.6 Å². The molecule has 3 N–H and O–H groups in total. The SMILES string of the molecule is O=C(O)c1ccc([C@H]2C[C@H]3[C@@H](N2)[C@H](c2cccc(Cl)c2F)[C@]2(C(=O)Nc4cc(Cl)c(F)cc42)N3CC2CC2)cc1. The summed E-state index contributed by atoms with van der Waals surface area (Å²) in [6.45, 7) is 0.601. The minimum absolute atomic E-state index is 0.0513. The third-order valence-electron chi connectivity index (χ3n) is 9.04. The summed E-state index contributed by atoms with van der Waals surface area (Å²) in [5.74, 6) is -2.95. The van der Waals surface area contributed by atoms with Gasteiger partial charge in [-0.1, -0.05) is 47.5 Å². The van der Waals surface area contributed by atoms with E-state index in [4.69, 9.17) is 23.2 Å². The van der Waals surface area contributed by atoms with Gasteiger partial charge in [-0.2, -0.15) is 0 Å². The van der Waals surface area contributed by atoms with Gasteiger partial charge in [0.25, 0.3) is 0 Å². The van der Waals surface area contributed by atoms with Crippen molar-refractivity contribution in [1.82, 2.24) is 10.2 Å². The summed E-state index contributed by atoms with van der Waals surface area (Å²) < 4.78 is 30.9. The number of aromatic carboxylic acids is 1. The van der Waals surface area contributed by atoms with Crippen molar-refractivity contribution in [1.29, 1.82) is 0 Å². The number of nitrogens with one attached hydrogen (secondary N) is 2. The van der Waals surface area contributed by atoms with Gasteiger partial charge in [-0.25, -0.2) is 13.6 Å². The lowest BCUT2D eigenvalue weighted by Crippen LogP contribution is -2.53. The number of nitrogens with zero attached hydrogens (tertiary/aromatic N) is 1. The Kier molecular flexibility index (Phi) is 5.98. The van der Waals surface area contributed by atoms with E-state index in [0.717, 1.165) is 18.4 Å². The predicted molar refractivity (Wildman–Crippen MR) is 147 cm³/mol. The molecule has 3 aromatic carbocycles. The number of carbonyl (C=O) groups is 2. The van der Waals surface area contributed by atoms with Gasteiger partial charge in [0.1, 0.15) is 17.2 Å². The van der Waals surface area contributed by atoms with Crippen molar-refractivity contribution in [2.75, 3.05) is 11.9 Å². The van der Waals surface area contributed by atoms with Crippen LogP contribution in [0.1, 0.15) is 58.3 Å². The van der Waals surface area contributed by atoms with Gasteiger partial charge >= 0.3 is 5.97 Å². The molecule has 206 valence electrons. The lowest BCUT2D eigenvalue weighted by Gasteiger charge is -2.41. The van der Waals surface area contributed by atoms with Gasteiger partial charge in [-0.15, -0.1) is 0 Å². The number of rotatable bonds is 5. The van der Waals surface area contributed by atoms with Crippen molar-refractivity contribution in [3.05, 3.63) is 98.5 Å². The predicted octanol–water partition coefficient (Wildman–Crippen LogP) is 6.10. The average Bonchev–Trinajstić information content (AvgIpc) is 3.50. The molecule has 0 unspecified atom stereocenters. The first-order chi connectivity index (χ1) is 19.2. The van der Waals surface area contributed by atoms with Crippen LogP contribution in [-0.4, -0.2) is 40.5 Å². The topological polar surface area (TPSA) is 81.7 Å². The van der Waals surface area contributed by atoms with Crippen LogP contribution < -0.4 is 10.6 Å². The quantitative estimate of drug-likeness (QED) is 0.338. The zero-order valence-corrected chi connectivity index (χ0v) is 22.6. The first kappa shape index (κ1) is 25.9. The number of hydrogen-bond acceptors (Lipinski definition) is 4. The largest absolute Gasteiger partial charge is 0.478 e. The Morgan fingerprint density at radius 3 is 2.52 bits per heavy atom. The van der Waals surface area contributed by atoms with Crippen LogP contribution in [0, 0.1) is 17.6 Å². The highest BCUT2D eigenvalue weighted by atomic mass is 35.5. The molecule has 3 aliphatic heterocycles. The van der Waals surface area contributed by atoms with E-state index in [9.17, 15) is 14.7 Å². The molecule has 3 heterocycles. The van der Waals surface area contributed by atoms with Gasteiger partial charge < -0.3 is 15.7 Å². The summed E-state index contributed by atoms with van der Waals surface area (Å²) >= 11 is 12.4. The molecule has 10 heteroatoms. The number of amides is 1. The standard InChI is InChI=1S/C30H25Cl2F2N3O3/c31-19-3-1-2-17(26(19)34)25-27-24(12-22(35-27)15-6-8-16(9-7-15)28(38)39)37(13-14-4-5-14)30(25)18-10-21(33)20(32)11-23(18)36-29(30)40/h1-3,6-11,14,22,24-25,27,35H,4-5,12-13H2,(H,36,40)(H,38,39)/t22-,24+,25+,27-,30-/m1/s1. The molecule has 1 spiro atoms. The van der Waals surface area contributed by atoms with Crippen LogP contribution in [0.5, 0.6) is 0 Å². The van der Waals surface area contributed by atoms with Crippen LogP contribution in [0.2, 0.25) is 10.0 Å². The molecule has 1 saturated carbocycles. The van der Waals surface area contributed by atoms with Crippen molar-refractivity contribution < 1.29 is 23.5 Å². The van der Waals surface area contributed by atoms with Crippen molar-refractivity contribution in [2.24, 2.45) is 5.92 Å². The average molecular weight is 584 g/mol. The normalized spacial score (nSPS) is 29.1. The minimum atomic E-state index is -1.38. The monoisotopic (exact) mass is 583 g/mol. The lowest BCUT2D eigenvalue weighted by molar-refractivity contribution is -0.128. The Morgan fingerprint density at radius 2 is 1.82 bits per heavy atom. The summed E-state index contributed by atoms with van der Waals surface area (Å²) in [7, 11) is 0. The second-order valence-corrected chi connectivity index (χ2v) is 12.0. The highest BCUT2D eigenvalue weighted by molar-refractivity contribution is 6.31. The van der Waals surface area contributed by atoms with Crippen molar-refractivity contribution in [3.8, 4) is 0 Å². The first-order valence-corrected chi connectivity index (χ1v) is 14.1. The fourth-order valence-corrected chi connectivity index (χ4v) is 7.51. The number of carbonyl (C=O) groups excluding carboxylic acids is 1. The van der Waals surface area contributed by atoms with Gasteiger partial charge in [-0.3, -0.25) is 9.69 Å². The summed E-state index contributed by atoms with van der Waals surface area (Å²) in [6.07, 6.45) is 2.65. The summed E-state index contributed by atoms with van der Waals surface area (Å²) in [6, 6.07) is 13.5. The molecule has 40 heavy (non-hydrogen) atoms. The van der Waals surface area contributed by atoms with Crippen LogP contribution in [0.25, 0.3) is 0 Å². The molecular formula is C30H25Cl2F2N3O3. The van der Waals surface area contributed by atoms with Crippen molar-refractivity contribution in [2.45, 2.75) is 48.8 Å². The maximum atomic E-state index is 15.9. The molecule has 3 fully saturated rings. The third kappa shape index (κ3) is 3.73. The summed E-state index contributed by atoms with van der Waals surface area (Å²) in [5.41, 5.74) is 0.867. The van der Waals surface area contributed by atoms with Gasteiger partial charge in [0, 0.05) is 41.8 Å². The van der Waals surface area contributed by atoms with Crippen molar-refractivity contribution >= 4 is 40.8 Å². The van der Waals surface area contributed by atoms with E-state index < -0.39 is 29.1 Å². The van der Waals surface area contributed by atoms with Crippen LogP contribution in [0.3, 0.4) is 0 Å². The Balaban J connectivity index is 1.41. The van der Waals surface area contributed by atoms with Crippen molar-refractivity contribution in [3.63, 3.8) is 0 Å². The number of anilines is 1. The second kappa shape index (κ2) is 9.24. The molecule has 1 amide bonds. The highest BCUT2D eigenvalue weighted by Crippen LogP contribution is 2.61. The van der Waals surface area contributed by atoms with E-state index in [0.29, 0.717) is 30.1 Å². The number of halogens is 4. The first-order valence-electron chi connectivity index (χ1n) is 13.3. The maximum absolute atomic E-state index is 15.9. The Hall–Kier alpha value is -3.04. The number of carboxylic acids is 1.